The van der Waals surface area contributed by atoms with Crippen LogP contribution < -0.4 is 20.1 Å². The van der Waals surface area contributed by atoms with Crippen LogP contribution in [-0.4, -0.2) is 63.7 Å². The normalized spacial score (nSPS) is 16.8. The molecular weight excluding hydrogens is 498 g/mol. The number of benzene rings is 2. The number of methoxy groups -OCH3 is 1. The van der Waals surface area contributed by atoms with Crippen LogP contribution in [0.25, 0.3) is 0 Å². The summed E-state index contributed by atoms with van der Waals surface area (Å²) in [6.07, 6.45) is 3.19. The molecule has 1 aromatic heterocycles. The predicted octanol–water partition coefficient (Wildman–Crippen LogP) is 3.62. The van der Waals surface area contributed by atoms with Crippen LogP contribution in [0.5, 0.6) is 11.5 Å². The molecule has 1 fully saturated rings. The molecule has 2 aromatic carbocycles. The van der Waals surface area contributed by atoms with Gasteiger partial charge in [-0.3, -0.25) is 9.59 Å². The highest BCUT2D eigenvalue weighted by molar-refractivity contribution is 6.06. The van der Waals surface area contributed by atoms with E-state index in [9.17, 15) is 9.59 Å². The number of amides is 2. The number of carbonyl (C=O) groups excluding carboxylic acids is 2. The number of piperidine rings is 1. The Balaban J connectivity index is 1.43. The van der Waals surface area contributed by atoms with Crippen molar-refractivity contribution in [3.8, 4) is 11.5 Å². The minimum absolute atomic E-state index is 0.0403. The highest BCUT2D eigenvalue weighted by atomic mass is 16.5. The van der Waals surface area contributed by atoms with Crippen molar-refractivity contribution in [3.05, 3.63) is 64.4 Å². The van der Waals surface area contributed by atoms with Crippen LogP contribution in [0, 0.1) is 13.8 Å². The van der Waals surface area contributed by atoms with Crippen LogP contribution >= 0.6 is 0 Å². The third kappa shape index (κ3) is 5.29. The Kier molecular flexibility index (Phi) is 7.49. The SMILES string of the molecule is COc1cc(C2C(C(=O)Nc3cccc(C)c3C)=C(C)Nc3nnnn32)ccc1OCC(=O)N1CCCCC1. The molecule has 1 saturated heterocycles. The first kappa shape index (κ1) is 26.2. The first-order valence-electron chi connectivity index (χ1n) is 13.1. The summed E-state index contributed by atoms with van der Waals surface area (Å²) < 4.78 is 13.1. The second-order valence-corrected chi connectivity index (χ2v) is 9.86. The van der Waals surface area contributed by atoms with Gasteiger partial charge >= 0.3 is 0 Å². The Morgan fingerprint density at radius 3 is 2.64 bits per heavy atom. The van der Waals surface area contributed by atoms with E-state index in [1.807, 2.05) is 49.9 Å². The van der Waals surface area contributed by atoms with Gasteiger partial charge in [-0.15, -0.1) is 0 Å². The van der Waals surface area contributed by atoms with Gasteiger partial charge in [-0.2, -0.15) is 4.68 Å². The average Bonchev–Trinajstić information content (AvgIpc) is 3.41. The molecule has 1 unspecified atom stereocenters. The molecule has 0 radical (unpaired) electrons. The highest BCUT2D eigenvalue weighted by Gasteiger charge is 2.35. The third-order valence-electron chi connectivity index (χ3n) is 7.37. The van der Waals surface area contributed by atoms with Gasteiger partial charge in [0.2, 0.25) is 5.95 Å². The number of likely N-dealkylation sites (tertiary alicyclic amines) is 1. The fourth-order valence-corrected chi connectivity index (χ4v) is 5.04. The minimum atomic E-state index is -0.626. The number of aromatic nitrogens is 4. The molecule has 11 heteroatoms. The van der Waals surface area contributed by atoms with Gasteiger partial charge in [0.25, 0.3) is 11.8 Å². The Labute approximate surface area is 227 Å². The third-order valence-corrected chi connectivity index (χ3v) is 7.37. The van der Waals surface area contributed by atoms with Crippen molar-refractivity contribution in [2.75, 3.05) is 37.4 Å². The smallest absolute Gasteiger partial charge is 0.260 e. The van der Waals surface area contributed by atoms with Crippen LogP contribution in [0.3, 0.4) is 0 Å². The maximum absolute atomic E-state index is 13.7. The molecule has 0 bridgehead atoms. The quantitative estimate of drug-likeness (QED) is 0.474. The molecule has 2 N–H and O–H groups in total. The van der Waals surface area contributed by atoms with Crippen molar-refractivity contribution in [1.29, 1.82) is 0 Å². The van der Waals surface area contributed by atoms with Crippen LogP contribution in [0.4, 0.5) is 11.6 Å². The number of allylic oxidation sites excluding steroid dienone is 1. The lowest BCUT2D eigenvalue weighted by Gasteiger charge is -2.29. The zero-order chi connectivity index (χ0) is 27.5. The van der Waals surface area contributed by atoms with Gasteiger partial charge < -0.3 is 25.0 Å². The Hall–Kier alpha value is -4.41. The number of nitrogens with one attached hydrogen (secondary N) is 2. The first-order valence-corrected chi connectivity index (χ1v) is 13.1. The van der Waals surface area contributed by atoms with Crippen LogP contribution in [0.15, 0.2) is 47.7 Å². The van der Waals surface area contributed by atoms with E-state index in [-0.39, 0.29) is 18.4 Å². The van der Waals surface area contributed by atoms with E-state index in [4.69, 9.17) is 9.47 Å². The molecule has 0 spiro atoms. The molecule has 1 atom stereocenters. The van der Waals surface area contributed by atoms with E-state index in [0.717, 1.165) is 54.7 Å². The van der Waals surface area contributed by atoms with Gasteiger partial charge in [0.15, 0.2) is 18.1 Å². The molecule has 3 heterocycles. The Morgan fingerprint density at radius 1 is 1.08 bits per heavy atom. The number of ether oxygens (including phenoxy) is 2. The number of hydrogen-bond acceptors (Lipinski definition) is 8. The molecule has 0 aliphatic carbocycles. The summed E-state index contributed by atoms with van der Waals surface area (Å²) in [6, 6.07) is 10.5. The van der Waals surface area contributed by atoms with Crippen molar-refractivity contribution >= 4 is 23.5 Å². The minimum Gasteiger partial charge on any atom is -0.493 e. The molecule has 5 rings (SSSR count). The van der Waals surface area contributed by atoms with E-state index >= 15 is 0 Å². The Bertz CT molecular complexity index is 1430. The number of nitrogens with zero attached hydrogens (tertiary/aromatic N) is 5. The van der Waals surface area contributed by atoms with Crippen LogP contribution in [-0.2, 0) is 9.59 Å². The summed E-state index contributed by atoms with van der Waals surface area (Å²) in [6.45, 7) is 7.26. The zero-order valence-electron chi connectivity index (χ0n) is 22.7. The number of aryl methyl sites for hydroxylation is 1. The van der Waals surface area contributed by atoms with Crippen molar-refractivity contribution < 1.29 is 19.1 Å². The second-order valence-electron chi connectivity index (χ2n) is 9.86. The second kappa shape index (κ2) is 11.1. The van der Waals surface area contributed by atoms with Gasteiger partial charge in [-0.05, 0) is 85.3 Å². The summed E-state index contributed by atoms with van der Waals surface area (Å²) in [7, 11) is 1.54. The van der Waals surface area contributed by atoms with Crippen molar-refractivity contribution in [2.24, 2.45) is 0 Å². The van der Waals surface area contributed by atoms with Crippen LogP contribution in [0.1, 0.15) is 48.9 Å². The molecule has 39 heavy (non-hydrogen) atoms. The maximum Gasteiger partial charge on any atom is 0.260 e. The monoisotopic (exact) mass is 531 g/mol. The van der Waals surface area contributed by atoms with E-state index < -0.39 is 6.04 Å². The number of tetrazole rings is 1. The van der Waals surface area contributed by atoms with E-state index in [0.29, 0.717) is 28.7 Å². The summed E-state index contributed by atoms with van der Waals surface area (Å²) in [4.78, 5) is 28.2. The van der Waals surface area contributed by atoms with E-state index in [1.165, 1.54) is 0 Å². The zero-order valence-corrected chi connectivity index (χ0v) is 22.7. The summed E-state index contributed by atoms with van der Waals surface area (Å²) in [5.74, 6) is 0.999. The van der Waals surface area contributed by atoms with Crippen molar-refractivity contribution in [1.82, 2.24) is 25.1 Å². The predicted molar refractivity (Wildman–Crippen MR) is 146 cm³/mol. The van der Waals surface area contributed by atoms with Gasteiger partial charge in [-0.25, -0.2) is 0 Å². The fourth-order valence-electron chi connectivity index (χ4n) is 5.04. The number of hydrogen-bond donors (Lipinski definition) is 2. The summed E-state index contributed by atoms with van der Waals surface area (Å²) >= 11 is 0. The molecule has 0 saturated carbocycles. The molecule has 2 aliphatic rings. The fraction of sp³-hybridized carbons (Fsp3) is 0.393. The average molecular weight is 532 g/mol. The molecular formula is C28H33N7O4. The number of rotatable bonds is 7. The molecule has 2 amide bonds. The van der Waals surface area contributed by atoms with Gasteiger partial charge in [0.1, 0.15) is 6.04 Å². The molecule has 11 nitrogen and oxygen atoms in total. The lowest BCUT2D eigenvalue weighted by atomic mass is 9.94. The topological polar surface area (TPSA) is 124 Å². The first-order chi connectivity index (χ1) is 18.9. The summed E-state index contributed by atoms with van der Waals surface area (Å²) in [5, 5.41) is 18.2. The number of fused-ring (bicyclic) bond motifs is 1. The number of carbonyl (C=O) groups is 2. The van der Waals surface area contributed by atoms with Gasteiger partial charge in [-0.1, -0.05) is 23.3 Å². The molecule has 3 aromatic rings. The highest BCUT2D eigenvalue weighted by Crippen LogP contribution is 2.39. The van der Waals surface area contributed by atoms with Gasteiger partial charge in [0, 0.05) is 24.5 Å². The summed E-state index contributed by atoms with van der Waals surface area (Å²) in [5.41, 5.74) is 4.64. The van der Waals surface area contributed by atoms with E-state index in [1.54, 1.807) is 23.9 Å². The lowest BCUT2D eigenvalue weighted by molar-refractivity contribution is -0.134. The van der Waals surface area contributed by atoms with E-state index in [2.05, 4.69) is 26.2 Å². The largest absolute Gasteiger partial charge is 0.493 e. The standard InChI is InChI=1S/C28H33N7O4/c1-17-9-8-10-21(18(17)2)30-27(37)25-19(3)29-28-31-32-33-35(28)26(25)20-11-12-22(23(15-20)38-4)39-16-24(36)34-13-6-5-7-14-34/h8-12,15,26H,5-7,13-14,16H2,1-4H3,(H,30,37)(H,29,31,33). The van der Waals surface area contributed by atoms with Crippen molar-refractivity contribution in [2.45, 2.75) is 46.1 Å². The Morgan fingerprint density at radius 2 is 1.87 bits per heavy atom. The molecule has 2 aliphatic heterocycles. The van der Waals surface area contributed by atoms with Crippen molar-refractivity contribution in [3.63, 3.8) is 0 Å². The maximum atomic E-state index is 13.7. The number of anilines is 2. The van der Waals surface area contributed by atoms with Gasteiger partial charge in [0.05, 0.1) is 12.7 Å². The van der Waals surface area contributed by atoms with Crippen LogP contribution in [0.2, 0.25) is 0 Å². The lowest BCUT2D eigenvalue weighted by Crippen LogP contribution is -2.38. The molecule has 204 valence electrons.